The van der Waals surface area contributed by atoms with Gasteiger partial charge in [-0.3, -0.25) is 4.99 Å². The standard InChI is InChI=1S/C21H29NSi2/c1-23(2,3)21(24(4,5)6)16-18-12-14-19(15-13-18)17-22-20-10-8-7-9-11-20/h7-17H,1-6H3. The Balaban J connectivity index is 2.22. The maximum absolute atomic E-state index is 4.52. The summed E-state index contributed by atoms with van der Waals surface area (Å²) in [5, 5.41) is 0. The molecule has 2 aromatic carbocycles. The molecule has 0 aliphatic carbocycles. The molecule has 0 fully saturated rings. The number of nitrogens with zero attached hydrogens (tertiary/aromatic N) is 1. The zero-order valence-corrected chi connectivity index (χ0v) is 17.8. The van der Waals surface area contributed by atoms with Crippen LogP contribution in [0.2, 0.25) is 39.3 Å². The van der Waals surface area contributed by atoms with E-state index in [9.17, 15) is 0 Å². The highest BCUT2D eigenvalue weighted by atomic mass is 28.4. The van der Waals surface area contributed by atoms with Gasteiger partial charge < -0.3 is 0 Å². The van der Waals surface area contributed by atoms with Gasteiger partial charge in [-0.25, -0.2) is 0 Å². The van der Waals surface area contributed by atoms with Crippen molar-refractivity contribution >= 4 is 34.1 Å². The minimum atomic E-state index is -1.28. The third-order valence-corrected chi connectivity index (χ3v) is 12.0. The van der Waals surface area contributed by atoms with Crippen LogP contribution in [0.3, 0.4) is 0 Å². The van der Waals surface area contributed by atoms with E-state index in [-0.39, 0.29) is 0 Å². The fourth-order valence-corrected chi connectivity index (χ4v) is 13.3. The number of hydrogen-bond donors (Lipinski definition) is 0. The fourth-order valence-electron chi connectivity index (χ4n) is 3.07. The molecule has 2 aromatic rings. The molecular weight excluding hydrogens is 322 g/mol. The molecule has 0 saturated heterocycles. The van der Waals surface area contributed by atoms with Crippen LogP contribution in [0.15, 0.2) is 64.4 Å². The second-order valence-electron chi connectivity index (χ2n) is 8.32. The van der Waals surface area contributed by atoms with Crippen LogP contribution in [0.1, 0.15) is 11.1 Å². The Hall–Kier alpha value is -1.72. The summed E-state index contributed by atoms with van der Waals surface area (Å²) in [5.74, 6) is 0. The van der Waals surface area contributed by atoms with Gasteiger partial charge in [0.1, 0.15) is 0 Å². The average molecular weight is 352 g/mol. The molecule has 126 valence electrons. The molecule has 0 heterocycles. The SMILES string of the molecule is C[Si](C)(C)C(=Cc1ccc(C=Nc2ccccc2)cc1)[Si](C)(C)C. The first kappa shape index (κ1) is 18.6. The lowest BCUT2D eigenvalue weighted by atomic mass is 10.1. The number of aliphatic imine (C=N–C) groups is 1. The zero-order chi connectivity index (χ0) is 17.8. The number of hydrogen-bond acceptors (Lipinski definition) is 1. The van der Waals surface area contributed by atoms with Gasteiger partial charge in [-0.2, -0.15) is 0 Å². The van der Waals surface area contributed by atoms with E-state index in [4.69, 9.17) is 0 Å². The highest BCUT2D eigenvalue weighted by molar-refractivity contribution is 7.05. The summed E-state index contributed by atoms with van der Waals surface area (Å²) < 4.78 is 0. The van der Waals surface area contributed by atoms with E-state index >= 15 is 0 Å². The molecular formula is C21H29NSi2. The summed E-state index contributed by atoms with van der Waals surface area (Å²) in [7, 11) is -2.56. The van der Waals surface area contributed by atoms with Crippen molar-refractivity contribution in [3.63, 3.8) is 0 Å². The Labute approximate surface area is 149 Å². The molecule has 0 amide bonds. The van der Waals surface area contributed by atoms with Gasteiger partial charge in [0.2, 0.25) is 0 Å². The lowest BCUT2D eigenvalue weighted by Crippen LogP contribution is -2.39. The highest BCUT2D eigenvalue weighted by Crippen LogP contribution is 2.27. The van der Waals surface area contributed by atoms with Crippen molar-refractivity contribution in [2.75, 3.05) is 0 Å². The predicted octanol–water partition coefficient (Wildman–Crippen LogP) is 6.58. The van der Waals surface area contributed by atoms with Crippen molar-refractivity contribution in [3.05, 3.63) is 70.5 Å². The highest BCUT2D eigenvalue weighted by Gasteiger charge is 2.30. The van der Waals surface area contributed by atoms with Crippen molar-refractivity contribution in [2.45, 2.75) is 39.3 Å². The summed E-state index contributed by atoms with van der Waals surface area (Å²) in [5.41, 5.74) is 3.44. The Morgan fingerprint density at radius 2 is 1.21 bits per heavy atom. The van der Waals surface area contributed by atoms with Crippen LogP contribution in [0.25, 0.3) is 6.08 Å². The van der Waals surface area contributed by atoms with Gasteiger partial charge in [-0.05, 0) is 23.3 Å². The first-order valence-corrected chi connectivity index (χ1v) is 15.6. The molecule has 3 heteroatoms. The van der Waals surface area contributed by atoms with Gasteiger partial charge >= 0.3 is 0 Å². The summed E-state index contributed by atoms with van der Waals surface area (Å²) in [6.45, 7) is 14.7. The van der Waals surface area contributed by atoms with Crippen molar-refractivity contribution in [1.29, 1.82) is 0 Å². The zero-order valence-electron chi connectivity index (χ0n) is 15.8. The van der Waals surface area contributed by atoms with Gasteiger partial charge in [0.15, 0.2) is 0 Å². The van der Waals surface area contributed by atoms with E-state index in [2.05, 4.69) is 74.6 Å². The van der Waals surface area contributed by atoms with Gasteiger partial charge in [-0.15, -0.1) is 0 Å². The molecule has 0 unspecified atom stereocenters. The van der Waals surface area contributed by atoms with E-state index in [1.165, 1.54) is 5.56 Å². The summed E-state index contributed by atoms with van der Waals surface area (Å²) in [6, 6.07) is 18.8. The summed E-state index contributed by atoms with van der Waals surface area (Å²) in [4.78, 5) is 6.26. The quantitative estimate of drug-likeness (QED) is 0.426. The molecule has 24 heavy (non-hydrogen) atoms. The fraction of sp³-hybridized carbons (Fsp3) is 0.286. The maximum atomic E-state index is 4.52. The summed E-state index contributed by atoms with van der Waals surface area (Å²) >= 11 is 0. The predicted molar refractivity (Wildman–Crippen MR) is 115 cm³/mol. The molecule has 0 atom stereocenters. The van der Waals surface area contributed by atoms with E-state index in [0.717, 1.165) is 11.3 Å². The second kappa shape index (κ2) is 7.45. The third kappa shape index (κ3) is 5.43. The Morgan fingerprint density at radius 1 is 0.708 bits per heavy atom. The van der Waals surface area contributed by atoms with Crippen LogP contribution < -0.4 is 0 Å². The number of benzene rings is 2. The normalized spacial score (nSPS) is 12.4. The third-order valence-electron chi connectivity index (χ3n) is 3.98. The number of rotatable bonds is 5. The lowest BCUT2D eigenvalue weighted by molar-refractivity contribution is 1.52. The number of para-hydroxylation sites is 1. The maximum Gasteiger partial charge on any atom is 0.0682 e. The van der Waals surface area contributed by atoms with E-state index in [1.54, 1.807) is 4.82 Å². The van der Waals surface area contributed by atoms with E-state index < -0.39 is 16.1 Å². The van der Waals surface area contributed by atoms with Crippen molar-refractivity contribution in [2.24, 2.45) is 4.99 Å². The molecule has 0 saturated carbocycles. The van der Waals surface area contributed by atoms with Crippen LogP contribution in [-0.4, -0.2) is 22.4 Å². The van der Waals surface area contributed by atoms with Gasteiger partial charge in [0.25, 0.3) is 0 Å². The molecule has 0 aliphatic rings. The molecule has 0 radical (unpaired) electrons. The van der Waals surface area contributed by atoms with Gasteiger partial charge in [-0.1, -0.05) is 92.6 Å². The molecule has 1 nitrogen and oxygen atoms in total. The average Bonchev–Trinajstić information content (AvgIpc) is 2.50. The first-order chi connectivity index (χ1) is 11.2. The van der Waals surface area contributed by atoms with Crippen molar-refractivity contribution < 1.29 is 0 Å². The molecule has 2 rings (SSSR count). The Morgan fingerprint density at radius 3 is 1.71 bits per heavy atom. The van der Waals surface area contributed by atoms with Crippen LogP contribution in [0, 0.1) is 0 Å². The smallest absolute Gasteiger partial charge is 0.0682 e. The summed E-state index contributed by atoms with van der Waals surface area (Å²) in [6.07, 6.45) is 4.39. The molecule has 0 aliphatic heterocycles. The van der Waals surface area contributed by atoms with Gasteiger partial charge in [0, 0.05) is 6.21 Å². The first-order valence-electron chi connectivity index (χ1n) is 8.58. The minimum absolute atomic E-state index is 0.987. The minimum Gasteiger partial charge on any atom is -0.256 e. The van der Waals surface area contributed by atoms with E-state index in [0.29, 0.717) is 0 Å². The van der Waals surface area contributed by atoms with Crippen LogP contribution in [0.4, 0.5) is 5.69 Å². The Kier molecular flexibility index (Phi) is 5.78. The van der Waals surface area contributed by atoms with Crippen molar-refractivity contribution in [1.82, 2.24) is 0 Å². The van der Waals surface area contributed by atoms with Gasteiger partial charge in [0.05, 0.1) is 21.8 Å². The van der Waals surface area contributed by atoms with Crippen LogP contribution in [-0.2, 0) is 0 Å². The van der Waals surface area contributed by atoms with E-state index in [1.807, 2.05) is 36.5 Å². The van der Waals surface area contributed by atoms with Crippen LogP contribution in [0.5, 0.6) is 0 Å². The Bertz CT molecular complexity index is 699. The second-order valence-corrected chi connectivity index (χ2v) is 18.9. The lowest BCUT2D eigenvalue weighted by Gasteiger charge is -2.31. The molecule has 0 bridgehead atoms. The molecule has 0 spiro atoms. The van der Waals surface area contributed by atoms with Crippen molar-refractivity contribution in [3.8, 4) is 0 Å². The largest absolute Gasteiger partial charge is 0.256 e. The monoisotopic (exact) mass is 351 g/mol. The molecule has 0 N–H and O–H groups in total. The topological polar surface area (TPSA) is 12.4 Å². The van der Waals surface area contributed by atoms with Crippen LogP contribution >= 0.6 is 0 Å². The molecule has 0 aromatic heterocycles.